The lowest BCUT2D eigenvalue weighted by Crippen LogP contribution is -2.13. The van der Waals surface area contributed by atoms with Gasteiger partial charge in [0.25, 0.3) is 0 Å². The third-order valence-corrected chi connectivity index (χ3v) is 3.28. The summed E-state index contributed by atoms with van der Waals surface area (Å²) in [5.41, 5.74) is 1.01. The van der Waals surface area contributed by atoms with Crippen LogP contribution < -0.4 is 9.47 Å². The Morgan fingerprint density at radius 1 is 1.18 bits per heavy atom. The third kappa shape index (κ3) is 2.05. The van der Waals surface area contributed by atoms with Crippen LogP contribution >= 0.6 is 0 Å². The molecule has 1 aromatic carbocycles. The van der Waals surface area contributed by atoms with Crippen LogP contribution in [0, 0.1) is 5.92 Å². The highest BCUT2D eigenvalue weighted by Gasteiger charge is 2.20. The number of hydrogen-bond acceptors (Lipinski definition) is 3. The predicted octanol–water partition coefficient (Wildman–Crippen LogP) is 2.49. The van der Waals surface area contributed by atoms with Gasteiger partial charge < -0.3 is 9.47 Å². The average molecular weight is 230 g/mol. The summed E-state index contributed by atoms with van der Waals surface area (Å²) in [5.74, 6) is 2.01. The average Bonchev–Trinajstić information content (AvgIpc) is 2.99. The minimum absolute atomic E-state index is 0.181. The van der Waals surface area contributed by atoms with E-state index in [9.17, 15) is 4.79 Å². The lowest BCUT2D eigenvalue weighted by molar-refractivity contribution is -0.121. The molecule has 1 aromatic rings. The smallest absolute Gasteiger partial charge is 0.231 e. The van der Waals surface area contributed by atoms with Crippen LogP contribution in [0.1, 0.15) is 18.4 Å². The zero-order valence-electron chi connectivity index (χ0n) is 9.52. The van der Waals surface area contributed by atoms with Gasteiger partial charge in [-0.1, -0.05) is 18.2 Å². The van der Waals surface area contributed by atoms with E-state index in [0.717, 1.165) is 29.9 Å². The van der Waals surface area contributed by atoms with Crippen LogP contribution in [0.15, 0.2) is 30.4 Å². The van der Waals surface area contributed by atoms with Gasteiger partial charge in [0.05, 0.1) is 0 Å². The fourth-order valence-electron chi connectivity index (χ4n) is 2.28. The molecule has 2 aliphatic rings. The summed E-state index contributed by atoms with van der Waals surface area (Å²) in [6.07, 6.45) is 6.44. The SMILES string of the molecule is O=C(Cc1ccc2c(c1)OCO2)C1CC=CC1. The van der Waals surface area contributed by atoms with E-state index < -0.39 is 0 Å². The van der Waals surface area contributed by atoms with E-state index in [2.05, 4.69) is 12.2 Å². The van der Waals surface area contributed by atoms with Crippen LogP contribution in [0.5, 0.6) is 11.5 Å². The lowest BCUT2D eigenvalue weighted by Gasteiger charge is -2.08. The number of allylic oxidation sites excluding steroid dienone is 2. The second-order valence-electron chi connectivity index (χ2n) is 4.47. The molecule has 0 bridgehead atoms. The molecule has 1 heterocycles. The van der Waals surface area contributed by atoms with Gasteiger partial charge in [-0.15, -0.1) is 0 Å². The Labute approximate surface area is 100 Å². The monoisotopic (exact) mass is 230 g/mol. The summed E-state index contributed by atoms with van der Waals surface area (Å²) in [6.45, 7) is 0.277. The molecule has 17 heavy (non-hydrogen) atoms. The highest BCUT2D eigenvalue weighted by Crippen LogP contribution is 2.33. The maximum atomic E-state index is 12.0. The molecule has 0 radical (unpaired) electrons. The van der Waals surface area contributed by atoms with Gasteiger partial charge in [0, 0.05) is 12.3 Å². The standard InChI is InChI=1S/C14H14O3/c15-12(11-3-1-2-4-11)7-10-5-6-13-14(8-10)17-9-16-13/h1-2,5-6,8,11H,3-4,7,9H2. The number of hydrogen-bond donors (Lipinski definition) is 0. The lowest BCUT2D eigenvalue weighted by atomic mass is 9.96. The largest absolute Gasteiger partial charge is 0.454 e. The Morgan fingerprint density at radius 3 is 2.76 bits per heavy atom. The minimum Gasteiger partial charge on any atom is -0.454 e. The van der Waals surface area contributed by atoms with Crippen molar-refractivity contribution >= 4 is 5.78 Å². The van der Waals surface area contributed by atoms with Crippen LogP contribution in [0.4, 0.5) is 0 Å². The van der Waals surface area contributed by atoms with Crippen molar-refractivity contribution in [2.24, 2.45) is 5.92 Å². The maximum absolute atomic E-state index is 12.0. The molecule has 0 aromatic heterocycles. The molecule has 0 N–H and O–H groups in total. The van der Waals surface area contributed by atoms with Gasteiger partial charge in [-0.2, -0.15) is 0 Å². The van der Waals surface area contributed by atoms with Gasteiger partial charge in [0.2, 0.25) is 6.79 Å². The number of benzene rings is 1. The Morgan fingerprint density at radius 2 is 1.94 bits per heavy atom. The number of ether oxygens (including phenoxy) is 2. The molecule has 3 rings (SSSR count). The molecule has 0 unspecified atom stereocenters. The predicted molar refractivity (Wildman–Crippen MR) is 63.1 cm³/mol. The van der Waals surface area contributed by atoms with Crippen LogP contribution in [-0.2, 0) is 11.2 Å². The van der Waals surface area contributed by atoms with E-state index in [1.165, 1.54) is 0 Å². The normalized spacial score (nSPS) is 17.6. The van der Waals surface area contributed by atoms with E-state index >= 15 is 0 Å². The van der Waals surface area contributed by atoms with Crippen LogP contribution in [0.3, 0.4) is 0 Å². The first-order chi connectivity index (χ1) is 8.33. The van der Waals surface area contributed by atoms with Crippen molar-refractivity contribution in [1.29, 1.82) is 0 Å². The summed E-state index contributed by atoms with van der Waals surface area (Å²) in [7, 11) is 0. The molecule has 0 atom stereocenters. The van der Waals surface area contributed by atoms with E-state index in [1.807, 2.05) is 18.2 Å². The van der Waals surface area contributed by atoms with E-state index in [0.29, 0.717) is 12.2 Å². The molecule has 0 saturated carbocycles. The van der Waals surface area contributed by atoms with Crippen molar-refractivity contribution in [2.45, 2.75) is 19.3 Å². The van der Waals surface area contributed by atoms with Crippen molar-refractivity contribution in [2.75, 3.05) is 6.79 Å². The number of carbonyl (C=O) groups excluding carboxylic acids is 1. The first kappa shape index (κ1) is 10.4. The Bertz CT molecular complexity index is 468. The van der Waals surface area contributed by atoms with Crippen molar-refractivity contribution in [1.82, 2.24) is 0 Å². The van der Waals surface area contributed by atoms with Gasteiger partial charge >= 0.3 is 0 Å². The molecule has 0 amide bonds. The molecule has 1 aliphatic heterocycles. The molecule has 3 heteroatoms. The molecule has 1 aliphatic carbocycles. The zero-order valence-corrected chi connectivity index (χ0v) is 9.52. The van der Waals surface area contributed by atoms with Crippen LogP contribution in [-0.4, -0.2) is 12.6 Å². The molecular weight excluding hydrogens is 216 g/mol. The van der Waals surface area contributed by atoms with Crippen molar-refractivity contribution < 1.29 is 14.3 Å². The molecule has 0 fully saturated rings. The molecule has 0 saturated heterocycles. The van der Waals surface area contributed by atoms with Crippen LogP contribution in [0.25, 0.3) is 0 Å². The number of rotatable bonds is 3. The van der Waals surface area contributed by atoms with Gasteiger partial charge in [-0.3, -0.25) is 4.79 Å². The first-order valence-corrected chi connectivity index (χ1v) is 5.89. The summed E-state index contributed by atoms with van der Waals surface area (Å²) >= 11 is 0. The second kappa shape index (κ2) is 4.24. The second-order valence-corrected chi connectivity index (χ2v) is 4.47. The summed E-state index contributed by atoms with van der Waals surface area (Å²) in [5, 5.41) is 0. The fraction of sp³-hybridized carbons (Fsp3) is 0.357. The Kier molecular flexibility index (Phi) is 2.59. The van der Waals surface area contributed by atoms with Crippen molar-refractivity contribution in [3.05, 3.63) is 35.9 Å². The summed E-state index contributed by atoms with van der Waals surface area (Å²) < 4.78 is 10.5. The highest BCUT2D eigenvalue weighted by molar-refractivity contribution is 5.84. The van der Waals surface area contributed by atoms with Gasteiger partial charge in [0.1, 0.15) is 5.78 Å². The number of Topliss-reactive ketones (excluding diaryl/α,β-unsaturated/α-hetero) is 1. The Hall–Kier alpha value is -1.77. The van der Waals surface area contributed by atoms with Gasteiger partial charge in [-0.25, -0.2) is 0 Å². The summed E-state index contributed by atoms with van der Waals surface area (Å²) in [4.78, 5) is 12.0. The quantitative estimate of drug-likeness (QED) is 0.748. The van der Waals surface area contributed by atoms with Gasteiger partial charge in [-0.05, 0) is 30.5 Å². The highest BCUT2D eigenvalue weighted by atomic mass is 16.7. The topological polar surface area (TPSA) is 35.5 Å². The number of fused-ring (bicyclic) bond motifs is 1. The maximum Gasteiger partial charge on any atom is 0.231 e. The van der Waals surface area contributed by atoms with Gasteiger partial charge in [0.15, 0.2) is 11.5 Å². The van der Waals surface area contributed by atoms with E-state index in [1.54, 1.807) is 0 Å². The molecule has 0 spiro atoms. The van der Waals surface area contributed by atoms with Crippen molar-refractivity contribution in [3.63, 3.8) is 0 Å². The minimum atomic E-state index is 0.181. The molecule has 3 nitrogen and oxygen atoms in total. The zero-order chi connectivity index (χ0) is 11.7. The Balaban J connectivity index is 1.70. The first-order valence-electron chi connectivity index (χ1n) is 5.89. The third-order valence-electron chi connectivity index (χ3n) is 3.28. The summed E-state index contributed by atoms with van der Waals surface area (Å²) in [6, 6.07) is 5.72. The van der Waals surface area contributed by atoms with E-state index in [-0.39, 0.29) is 12.7 Å². The van der Waals surface area contributed by atoms with Crippen LogP contribution in [0.2, 0.25) is 0 Å². The number of ketones is 1. The van der Waals surface area contributed by atoms with Crippen molar-refractivity contribution in [3.8, 4) is 11.5 Å². The van der Waals surface area contributed by atoms with E-state index in [4.69, 9.17) is 9.47 Å². The number of carbonyl (C=O) groups is 1. The molecular formula is C14H14O3. The molecule has 88 valence electrons. The fourth-order valence-corrected chi connectivity index (χ4v) is 2.28.